The second-order valence-corrected chi connectivity index (χ2v) is 2.93. The Bertz CT molecular complexity index is 293. The molecule has 0 unspecified atom stereocenters. The van der Waals surface area contributed by atoms with E-state index in [2.05, 4.69) is 15.5 Å². The standard InChI is InChI=1S/C6H8N4OS/c1-4(9-10-6(7)11)5-2-8-3-12-5/h2-3H,1H3,(H3,7,10,11)/b9-4+. The summed E-state index contributed by atoms with van der Waals surface area (Å²) in [7, 11) is 0. The van der Waals surface area contributed by atoms with E-state index in [1.807, 2.05) is 0 Å². The van der Waals surface area contributed by atoms with Crippen LogP contribution in [0.4, 0.5) is 4.79 Å². The molecule has 0 aliphatic rings. The van der Waals surface area contributed by atoms with Gasteiger partial charge >= 0.3 is 6.03 Å². The lowest BCUT2D eigenvalue weighted by Crippen LogP contribution is -2.25. The summed E-state index contributed by atoms with van der Waals surface area (Å²) in [6, 6.07) is -0.668. The summed E-state index contributed by atoms with van der Waals surface area (Å²) in [5.41, 5.74) is 9.35. The van der Waals surface area contributed by atoms with Crippen molar-refractivity contribution in [2.24, 2.45) is 10.8 Å². The number of nitrogens with zero attached hydrogens (tertiary/aromatic N) is 2. The van der Waals surface area contributed by atoms with Crippen LogP contribution in [0, 0.1) is 0 Å². The predicted molar refractivity (Wildman–Crippen MR) is 47.0 cm³/mol. The van der Waals surface area contributed by atoms with Crippen LogP contribution in [0.3, 0.4) is 0 Å². The van der Waals surface area contributed by atoms with E-state index in [4.69, 9.17) is 5.73 Å². The summed E-state index contributed by atoms with van der Waals surface area (Å²) in [6.45, 7) is 1.77. The molecular formula is C6H8N4OS. The zero-order valence-electron chi connectivity index (χ0n) is 6.44. The second kappa shape index (κ2) is 3.82. The molecule has 0 bridgehead atoms. The van der Waals surface area contributed by atoms with Gasteiger partial charge in [0.2, 0.25) is 0 Å². The van der Waals surface area contributed by atoms with E-state index in [9.17, 15) is 4.79 Å². The quantitative estimate of drug-likeness (QED) is 0.519. The number of hydrogen-bond donors (Lipinski definition) is 2. The lowest BCUT2D eigenvalue weighted by Gasteiger charge is -1.94. The average molecular weight is 184 g/mol. The number of nitrogens with one attached hydrogen (secondary N) is 1. The molecule has 2 amide bonds. The number of primary amides is 1. The molecule has 0 saturated carbocycles. The molecule has 0 aromatic carbocycles. The van der Waals surface area contributed by atoms with Crippen molar-refractivity contribution in [3.05, 3.63) is 16.6 Å². The fourth-order valence-corrected chi connectivity index (χ4v) is 1.16. The van der Waals surface area contributed by atoms with E-state index in [1.54, 1.807) is 18.6 Å². The molecule has 5 nitrogen and oxygen atoms in total. The zero-order valence-corrected chi connectivity index (χ0v) is 7.26. The van der Waals surface area contributed by atoms with Gasteiger partial charge in [-0.25, -0.2) is 10.2 Å². The third-order valence-corrected chi connectivity index (χ3v) is 2.00. The van der Waals surface area contributed by atoms with Crippen molar-refractivity contribution in [3.63, 3.8) is 0 Å². The van der Waals surface area contributed by atoms with E-state index < -0.39 is 6.03 Å². The highest BCUT2D eigenvalue weighted by Crippen LogP contribution is 2.05. The molecule has 6 heteroatoms. The number of hydrazone groups is 1. The molecule has 0 aliphatic carbocycles. The Kier molecular flexibility index (Phi) is 2.76. The summed E-state index contributed by atoms with van der Waals surface area (Å²) in [4.78, 5) is 15.0. The summed E-state index contributed by atoms with van der Waals surface area (Å²) < 4.78 is 0. The Morgan fingerprint density at radius 3 is 3.08 bits per heavy atom. The largest absolute Gasteiger partial charge is 0.350 e. The minimum Gasteiger partial charge on any atom is -0.350 e. The van der Waals surface area contributed by atoms with E-state index in [1.165, 1.54) is 11.3 Å². The summed E-state index contributed by atoms with van der Waals surface area (Å²) in [5.74, 6) is 0. The molecule has 1 aromatic heterocycles. The van der Waals surface area contributed by atoms with Crippen molar-refractivity contribution in [3.8, 4) is 0 Å². The molecule has 1 heterocycles. The Morgan fingerprint density at radius 2 is 2.58 bits per heavy atom. The molecule has 64 valence electrons. The number of aromatic nitrogens is 1. The zero-order chi connectivity index (χ0) is 8.97. The van der Waals surface area contributed by atoms with Crippen LogP contribution < -0.4 is 11.2 Å². The topological polar surface area (TPSA) is 80.4 Å². The number of amides is 2. The normalized spacial score (nSPS) is 11.2. The van der Waals surface area contributed by atoms with E-state index in [0.717, 1.165) is 4.88 Å². The maximum absolute atomic E-state index is 10.3. The number of hydrogen-bond acceptors (Lipinski definition) is 4. The number of urea groups is 1. The van der Waals surface area contributed by atoms with E-state index >= 15 is 0 Å². The van der Waals surface area contributed by atoms with Crippen LogP contribution in [0.2, 0.25) is 0 Å². The number of rotatable bonds is 2. The molecule has 0 spiro atoms. The first-order valence-corrected chi connectivity index (χ1v) is 4.06. The highest BCUT2D eigenvalue weighted by molar-refractivity contribution is 7.11. The van der Waals surface area contributed by atoms with Crippen molar-refractivity contribution < 1.29 is 4.79 Å². The number of thiazole rings is 1. The molecule has 0 aliphatic heterocycles. The SMILES string of the molecule is C/C(=N\NC(N)=O)c1cncs1. The number of nitrogens with two attached hydrogens (primary N) is 1. The van der Waals surface area contributed by atoms with Crippen LogP contribution in [-0.2, 0) is 0 Å². The van der Waals surface area contributed by atoms with Crippen molar-refractivity contribution in [1.82, 2.24) is 10.4 Å². The Balaban J connectivity index is 2.65. The van der Waals surface area contributed by atoms with Crippen molar-refractivity contribution in [2.75, 3.05) is 0 Å². The molecule has 0 fully saturated rings. The molecule has 0 radical (unpaired) electrons. The highest BCUT2D eigenvalue weighted by Gasteiger charge is 1.98. The van der Waals surface area contributed by atoms with Gasteiger partial charge in [0, 0.05) is 6.20 Å². The van der Waals surface area contributed by atoms with Gasteiger partial charge in [0.25, 0.3) is 0 Å². The van der Waals surface area contributed by atoms with E-state index in [-0.39, 0.29) is 0 Å². The lowest BCUT2D eigenvalue weighted by molar-refractivity contribution is 0.249. The lowest BCUT2D eigenvalue weighted by atomic mass is 10.4. The van der Waals surface area contributed by atoms with Crippen molar-refractivity contribution >= 4 is 23.1 Å². The fourth-order valence-electron chi connectivity index (χ4n) is 0.589. The fraction of sp³-hybridized carbons (Fsp3) is 0.167. The van der Waals surface area contributed by atoms with Gasteiger partial charge in [-0.1, -0.05) is 0 Å². The highest BCUT2D eigenvalue weighted by atomic mass is 32.1. The van der Waals surface area contributed by atoms with Gasteiger partial charge in [0.15, 0.2) is 0 Å². The summed E-state index contributed by atoms with van der Waals surface area (Å²) in [5, 5.41) is 3.73. The summed E-state index contributed by atoms with van der Waals surface area (Å²) in [6.07, 6.45) is 1.67. The van der Waals surface area contributed by atoms with Gasteiger partial charge in [0.05, 0.1) is 16.1 Å². The molecule has 0 saturated heterocycles. The smallest absolute Gasteiger partial charge is 0.332 e. The third-order valence-electron chi connectivity index (χ3n) is 1.12. The molecule has 12 heavy (non-hydrogen) atoms. The van der Waals surface area contributed by atoms with E-state index in [0.29, 0.717) is 5.71 Å². The number of carbonyl (C=O) groups excluding carboxylic acids is 1. The minimum atomic E-state index is -0.668. The molecule has 0 atom stereocenters. The van der Waals surface area contributed by atoms with Gasteiger partial charge in [-0.2, -0.15) is 5.10 Å². The maximum Gasteiger partial charge on any atom is 0.332 e. The van der Waals surface area contributed by atoms with Gasteiger partial charge in [-0.05, 0) is 6.92 Å². The molecular weight excluding hydrogens is 176 g/mol. The maximum atomic E-state index is 10.3. The van der Waals surface area contributed by atoms with Gasteiger partial charge < -0.3 is 5.73 Å². The molecule has 1 rings (SSSR count). The monoisotopic (exact) mass is 184 g/mol. The van der Waals surface area contributed by atoms with Gasteiger partial charge in [-0.15, -0.1) is 11.3 Å². The first-order chi connectivity index (χ1) is 5.70. The Morgan fingerprint density at radius 1 is 1.83 bits per heavy atom. The van der Waals surface area contributed by atoms with Crippen LogP contribution in [0.5, 0.6) is 0 Å². The van der Waals surface area contributed by atoms with Crippen LogP contribution >= 0.6 is 11.3 Å². The van der Waals surface area contributed by atoms with Gasteiger partial charge in [-0.3, -0.25) is 4.98 Å². The average Bonchev–Trinajstić information content (AvgIpc) is 2.51. The minimum absolute atomic E-state index is 0.668. The molecule has 1 aromatic rings. The van der Waals surface area contributed by atoms with Crippen molar-refractivity contribution in [2.45, 2.75) is 6.92 Å². The van der Waals surface area contributed by atoms with Crippen molar-refractivity contribution in [1.29, 1.82) is 0 Å². The summed E-state index contributed by atoms with van der Waals surface area (Å²) >= 11 is 1.45. The third kappa shape index (κ3) is 2.31. The Labute approximate surface area is 73.3 Å². The van der Waals surface area contributed by atoms with Crippen LogP contribution in [0.25, 0.3) is 0 Å². The van der Waals surface area contributed by atoms with Gasteiger partial charge in [0.1, 0.15) is 0 Å². The first-order valence-electron chi connectivity index (χ1n) is 3.18. The molecule has 3 N–H and O–H groups in total. The number of carbonyl (C=O) groups is 1. The first kappa shape index (κ1) is 8.66. The van der Waals surface area contributed by atoms with Crippen LogP contribution in [-0.4, -0.2) is 16.7 Å². The predicted octanol–water partition coefficient (Wildman–Crippen LogP) is 0.535. The Hall–Kier alpha value is -1.43. The van der Waals surface area contributed by atoms with Crippen LogP contribution in [0.15, 0.2) is 16.8 Å². The van der Waals surface area contributed by atoms with Crippen LogP contribution in [0.1, 0.15) is 11.8 Å². The second-order valence-electron chi connectivity index (χ2n) is 2.04.